The average molecular weight is 466 g/mol. The van der Waals surface area contributed by atoms with Crippen molar-refractivity contribution in [1.82, 2.24) is 9.47 Å². The van der Waals surface area contributed by atoms with E-state index in [2.05, 4.69) is 24.1 Å². The lowest BCUT2D eigenvalue weighted by Crippen LogP contribution is -2.30. The zero-order chi connectivity index (χ0) is 25.3. The molecule has 182 valence electrons. The van der Waals surface area contributed by atoms with Crippen LogP contribution in [0.3, 0.4) is 0 Å². The SMILES string of the molecule is CCCCC(CC)Cn1c(O)c(C#N)c(C)c(N=Nc2ccc(C(=O)N(CC)CC)cc2)c1=O. The Hall–Kier alpha value is -3.47. The Kier molecular flexibility index (Phi) is 9.99. The van der Waals surface area contributed by atoms with Crippen molar-refractivity contribution in [3.05, 3.63) is 51.3 Å². The Balaban J connectivity index is 2.41. The predicted molar refractivity (Wildman–Crippen MR) is 133 cm³/mol. The van der Waals surface area contributed by atoms with Crippen LogP contribution >= 0.6 is 0 Å². The van der Waals surface area contributed by atoms with Crippen molar-refractivity contribution in [1.29, 1.82) is 5.26 Å². The third-order valence-electron chi connectivity index (χ3n) is 6.18. The van der Waals surface area contributed by atoms with Crippen molar-refractivity contribution in [2.24, 2.45) is 16.1 Å². The first kappa shape index (κ1) is 26.8. The summed E-state index contributed by atoms with van der Waals surface area (Å²) in [4.78, 5) is 27.4. The van der Waals surface area contributed by atoms with Crippen LogP contribution in [0.15, 0.2) is 39.3 Å². The van der Waals surface area contributed by atoms with E-state index in [1.165, 1.54) is 4.57 Å². The van der Waals surface area contributed by atoms with Crippen molar-refractivity contribution >= 4 is 17.3 Å². The van der Waals surface area contributed by atoms with Crippen LogP contribution in [-0.2, 0) is 6.54 Å². The van der Waals surface area contributed by atoms with Gasteiger partial charge in [-0.15, -0.1) is 5.11 Å². The molecule has 34 heavy (non-hydrogen) atoms. The highest BCUT2D eigenvalue weighted by Gasteiger charge is 2.21. The summed E-state index contributed by atoms with van der Waals surface area (Å²) in [5.74, 6) is -0.172. The lowest BCUT2D eigenvalue weighted by molar-refractivity contribution is 0.0773. The minimum atomic E-state index is -0.471. The monoisotopic (exact) mass is 465 g/mol. The van der Waals surface area contributed by atoms with Crippen molar-refractivity contribution < 1.29 is 9.90 Å². The molecule has 0 fully saturated rings. The molecule has 0 bridgehead atoms. The summed E-state index contributed by atoms with van der Waals surface area (Å²) >= 11 is 0. The summed E-state index contributed by atoms with van der Waals surface area (Å²) < 4.78 is 1.25. The minimum absolute atomic E-state index is 0.0269. The molecule has 1 N–H and O–H groups in total. The first-order valence-corrected chi connectivity index (χ1v) is 12.0. The van der Waals surface area contributed by atoms with E-state index in [0.717, 1.165) is 25.7 Å². The topological polar surface area (TPSA) is 111 Å². The lowest BCUT2D eigenvalue weighted by atomic mass is 9.99. The van der Waals surface area contributed by atoms with Gasteiger partial charge in [-0.05, 0) is 57.4 Å². The van der Waals surface area contributed by atoms with Crippen LogP contribution in [0.1, 0.15) is 74.9 Å². The second-order valence-corrected chi connectivity index (χ2v) is 8.34. The maximum atomic E-state index is 13.2. The first-order chi connectivity index (χ1) is 16.3. The van der Waals surface area contributed by atoms with Gasteiger partial charge in [-0.25, -0.2) is 0 Å². The summed E-state index contributed by atoms with van der Waals surface area (Å²) in [5.41, 5.74) is 0.903. The summed E-state index contributed by atoms with van der Waals surface area (Å²) in [6.07, 6.45) is 3.87. The van der Waals surface area contributed by atoms with E-state index in [1.54, 1.807) is 36.1 Å². The fourth-order valence-electron chi connectivity index (χ4n) is 3.87. The quantitative estimate of drug-likeness (QED) is 0.420. The van der Waals surface area contributed by atoms with E-state index in [0.29, 0.717) is 36.4 Å². The van der Waals surface area contributed by atoms with Gasteiger partial charge >= 0.3 is 0 Å². The Bertz CT molecular complexity index is 1110. The van der Waals surface area contributed by atoms with Gasteiger partial charge < -0.3 is 10.0 Å². The molecule has 0 aliphatic carbocycles. The van der Waals surface area contributed by atoms with E-state index >= 15 is 0 Å². The molecule has 0 aliphatic rings. The molecule has 0 saturated heterocycles. The van der Waals surface area contributed by atoms with Crippen LogP contribution in [0.5, 0.6) is 5.88 Å². The summed E-state index contributed by atoms with van der Waals surface area (Å²) in [5, 5.41) is 28.6. The molecule has 0 aliphatic heterocycles. The Morgan fingerprint density at radius 2 is 1.79 bits per heavy atom. The highest BCUT2D eigenvalue weighted by Crippen LogP contribution is 2.28. The number of pyridine rings is 1. The molecule has 0 saturated carbocycles. The number of azo groups is 1. The molecule has 2 rings (SSSR count). The Labute approximate surface area is 201 Å². The summed E-state index contributed by atoms with van der Waals surface area (Å²) in [6.45, 7) is 11.2. The number of carbonyl (C=O) groups is 1. The van der Waals surface area contributed by atoms with E-state index < -0.39 is 5.56 Å². The van der Waals surface area contributed by atoms with Crippen molar-refractivity contribution in [2.75, 3.05) is 13.1 Å². The van der Waals surface area contributed by atoms with Crippen LogP contribution in [-0.4, -0.2) is 33.6 Å². The normalized spacial score (nSPS) is 12.0. The zero-order valence-electron chi connectivity index (χ0n) is 20.8. The number of nitriles is 1. The van der Waals surface area contributed by atoms with Gasteiger partial charge in [-0.2, -0.15) is 10.4 Å². The molecule has 1 heterocycles. The van der Waals surface area contributed by atoms with Gasteiger partial charge in [0.1, 0.15) is 11.6 Å². The standard InChI is InChI=1S/C26H35N5O3/c1-6-10-11-19(7-2)17-31-25(33)22(16-27)18(5)23(26(31)34)29-28-21-14-12-20(13-15-21)24(32)30(8-3)9-4/h12-15,19,33H,6-11,17H2,1-5H3. The van der Waals surface area contributed by atoms with Crippen molar-refractivity contribution in [2.45, 2.75) is 66.8 Å². The molecule has 2 aromatic rings. The molecule has 0 spiro atoms. The zero-order valence-corrected chi connectivity index (χ0v) is 20.8. The fourth-order valence-corrected chi connectivity index (χ4v) is 3.87. The predicted octanol–water partition coefficient (Wildman–Crippen LogP) is 5.85. The van der Waals surface area contributed by atoms with E-state index in [-0.39, 0.29) is 29.0 Å². The first-order valence-electron chi connectivity index (χ1n) is 12.0. The minimum Gasteiger partial charge on any atom is -0.493 e. The van der Waals surface area contributed by atoms with Gasteiger partial charge in [0, 0.05) is 30.8 Å². The van der Waals surface area contributed by atoms with Gasteiger partial charge in [0.25, 0.3) is 11.5 Å². The highest BCUT2D eigenvalue weighted by molar-refractivity contribution is 5.94. The molecule has 8 heteroatoms. The van der Waals surface area contributed by atoms with E-state index in [9.17, 15) is 20.0 Å². The number of aromatic nitrogens is 1. The Morgan fingerprint density at radius 1 is 1.15 bits per heavy atom. The number of hydrogen-bond donors (Lipinski definition) is 1. The number of rotatable bonds is 11. The third kappa shape index (κ3) is 6.10. The van der Waals surface area contributed by atoms with Crippen LogP contribution < -0.4 is 5.56 Å². The molecular weight excluding hydrogens is 430 g/mol. The number of hydrogen-bond acceptors (Lipinski definition) is 6. The maximum absolute atomic E-state index is 13.2. The van der Waals surface area contributed by atoms with Crippen LogP contribution in [0.4, 0.5) is 11.4 Å². The fraction of sp³-hybridized carbons (Fsp3) is 0.500. The largest absolute Gasteiger partial charge is 0.493 e. The molecule has 1 aromatic heterocycles. The average Bonchev–Trinajstić information content (AvgIpc) is 2.85. The van der Waals surface area contributed by atoms with E-state index in [4.69, 9.17) is 0 Å². The van der Waals surface area contributed by atoms with Gasteiger partial charge in [-0.3, -0.25) is 14.2 Å². The summed E-state index contributed by atoms with van der Waals surface area (Å²) in [6, 6.07) is 8.68. The molecule has 0 radical (unpaired) electrons. The number of aromatic hydroxyl groups is 1. The van der Waals surface area contributed by atoms with Gasteiger partial charge in [0.05, 0.1) is 5.69 Å². The second-order valence-electron chi connectivity index (χ2n) is 8.34. The second kappa shape index (κ2) is 12.7. The molecule has 1 aromatic carbocycles. The van der Waals surface area contributed by atoms with Gasteiger partial charge in [-0.1, -0.05) is 33.1 Å². The molecular formula is C26H35N5O3. The van der Waals surface area contributed by atoms with E-state index in [1.807, 2.05) is 19.9 Å². The number of benzene rings is 1. The number of amides is 1. The van der Waals surface area contributed by atoms with Crippen molar-refractivity contribution in [3.8, 4) is 11.9 Å². The van der Waals surface area contributed by atoms with Crippen LogP contribution in [0.2, 0.25) is 0 Å². The van der Waals surface area contributed by atoms with Gasteiger partial charge in [0.2, 0.25) is 5.88 Å². The molecule has 1 amide bonds. The van der Waals surface area contributed by atoms with Gasteiger partial charge in [0.15, 0.2) is 5.69 Å². The number of carbonyl (C=O) groups excluding carboxylic acids is 1. The lowest BCUT2D eigenvalue weighted by Gasteiger charge is -2.19. The molecule has 1 unspecified atom stereocenters. The highest BCUT2D eigenvalue weighted by atomic mass is 16.3. The smallest absolute Gasteiger partial charge is 0.281 e. The third-order valence-corrected chi connectivity index (χ3v) is 6.18. The Morgan fingerprint density at radius 3 is 2.32 bits per heavy atom. The molecule has 8 nitrogen and oxygen atoms in total. The van der Waals surface area contributed by atoms with Crippen LogP contribution in [0, 0.1) is 24.2 Å². The molecule has 1 atom stereocenters. The maximum Gasteiger partial charge on any atom is 0.281 e. The number of nitrogens with zero attached hydrogens (tertiary/aromatic N) is 5. The summed E-state index contributed by atoms with van der Waals surface area (Å²) in [7, 11) is 0. The number of unbranched alkanes of at least 4 members (excludes halogenated alkanes) is 1. The van der Waals surface area contributed by atoms with Crippen molar-refractivity contribution in [3.63, 3.8) is 0 Å². The van der Waals surface area contributed by atoms with Crippen LogP contribution in [0.25, 0.3) is 0 Å².